The fourth-order valence-corrected chi connectivity index (χ4v) is 2.38. The van der Waals surface area contributed by atoms with Crippen LogP contribution < -0.4 is 17.2 Å². The quantitative estimate of drug-likeness (QED) is 0.288. The van der Waals surface area contributed by atoms with Gasteiger partial charge in [0, 0.05) is 39.7 Å². The van der Waals surface area contributed by atoms with Gasteiger partial charge in [0.1, 0.15) is 11.5 Å². The molecular formula is C17H23N7O7. The molecule has 14 nitrogen and oxygen atoms in total. The van der Waals surface area contributed by atoms with E-state index in [1.54, 1.807) is 20.3 Å². The average Bonchev–Trinajstić information content (AvgIpc) is 3.23. The largest absolute Gasteiger partial charge is 0.504 e. The highest BCUT2D eigenvalue weighted by Crippen LogP contribution is 2.25. The number of carboxylic acid groups (broad SMARTS) is 3. The molecule has 0 saturated heterocycles. The summed E-state index contributed by atoms with van der Waals surface area (Å²) in [4.78, 5) is 34.6. The van der Waals surface area contributed by atoms with Crippen LogP contribution in [-0.2, 0) is 21.1 Å². The average molecular weight is 437 g/mol. The van der Waals surface area contributed by atoms with Crippen LogP contribution in [0.15, 0.2) is 24.7 Å². The van der Waals surface area contributed by atoms with E-state index in [9.17, 15) is 14.4 Å². The molecule has 0 aliphatic rings. The van der Waals surface area contributed by atoms with Gasteiger partial charge in [0.15, 0.2) is 11.4 Å². The molecule has 3 rings (SSSR count). The van der Waals surface area contributed by atoms with E-state index in [2.05, 4.69) is 4.98 Å². The van der Waals surface area contributed by atoms with Crippen molar-refractivity contribution in [1.29, 1.82) is 0 Å². The normalized spacial score (nSPS) is 9.77. The fourth-order valence-electron chi connectivity index (χ4n) is 2.38. The van der Waals surface area contributed by atoms with Gasteiger partial charge in [-0.05, 0) is 6.07 Å². The molecule has 0 radical (unpaired) electrons. The number of hydrogen-bond acceptors (Lipinski definition) is 8. The van der Waals surface area contributed by atoms with Crippen molar-refractivity contribution in [3.05, 3.63) is 41.9 Å². The molecule has 0 spiro atoms. The molecule has 31 heavy (non-hydrogen) atoms. The number of carboxylic acids is 3. The van der Waals surface area contributed by atoms with E-state index < -0.39 is 17.9 Å². The molecule has 3 heterocycles. The first-order valence-corrected chi connectivity index (χ1v) is 8.30. The Hall–Kier alpha value is -4.62. The highest BCUT2D eigenvalue weighted by atomic mass is 16.4. The Balaban J connectivity index is 0.000000233. The van der Waals surface area contributed by atoms with Crippen molar-refractivity contribution < 1.29 is 34.8 Å². The van der Waals surface area contributed by atoms with Crippen LogP contribution in [0.4, 0.5) is 17.2 Å². The maximum atomic E-state index is 10.4. The molecule has 0 aliphatic carbocycles. The fraction of sp³-hybridized carbons (Fsp3) is 0.176. The first-order chi connectivity index (χ1) is 14.3. The minimum absolute atomic E-state index is 0.0440. The van der Waals surface area contributed by atoms with Crippen LogP contribution >= 0.6 is 0 Å². The topological polar surface area (TPSA) is 238 Å². The van der Waals surface area contributed by atoms with E-state index in [1.807, 2.05) is 0 Å². The number of nitrogens with zero attached hydrogens (tertiary/aromatic N) is 4. The summed E-state index contributed by atoms with van der Waals surface area (Å²) < 4.78 is 4.09. The molecule has 0 aliphatic heterocycles. The van der Waals surface area contributed by atoms with Crippen molar-refractivity contribution >= 4 is 35.1 Å². The Bertz CT molecular complexity index is 1050. The Kier molecular flexibility index (Phi) is 7.66. The van der Waals surface area contributed by atoms with Crippen LogP contribution in [-0.4, -0.2) is 57.0 Å². The highest BCUT2D eigenvalue weighted by Gasteiger charge is 2.16. The molecule has 168 valence electrons. The van der Waals surface area contributed by atoms with E-state index in [0.717, 1.165) is 0 Å². The Labute approximate surface area is 175 Å². The summed E-state index contributed by atoms with van der Waals surface area (Å²) in [6.45, 7) is 0. The first kappa shape index (κ1) is 24.4. The summed E-state index contributed by atoms with van der Waals surface area (Å²) in [5.74, 6) is -3.42. The molecule has 0 atom stereocenters. The Morgan fingerprint density at radius 2 is 1.42 bits per heavy atom. The van der Waals surface area contributed by atoms with Crippen molar-refractivity contribution in [3.8, 4) is 5.75 Å². The summed E-state index contributed by atoms with van der Waals surface area (Å²) in [6, 6.07) is 1.42. The lowest BCUT2D eigenvalue weighted by atomic mass is 10.4. The summed E-state index contributed by atoms with van der Waals surface area (Å²) in [7, 11) is 4.71. The number of imidazole rings is 1. The van der Waals surface area contributed by atoms with Crippen molar-refractivity contribution in [2.75, 3.05) is 17.2 Å². The van der Waals surface area contributed by atoms with Crippen molar-refractivity contribution in [2.45, 2.75) is 0 Å². The second kappa shape index (κ2) is 9.73. The molecule has 3 aromatic rings. The lowest BCUT2D eigenvalue weighted by molar-refractivity contribution is 0.0670. The smallest absolute Gasteiger partial charge is 0.372 e. The lowest BCUT2D eigenvalue weighted by Crippen LogP contribution is -2.05. The molecular weight excluding hydrogens is 414 g/mol. The van der Waals surface area contributed by atoms with Crippen molar-refractivity contribution in [2.24, 2.45) is 21.1 Å². The van der Waals surface area contributed by atoms with E-state index in [1.165, 1.54) is 39.2 Å². The van der Waals surface area contributed by atoms with Gasteiger partial charge in [0.25, 0.3) is 0 Å². The third-order valence-corrected chi connectivity index (χ3v) is 3.72. The number of aryl methyl sites for hydroxylation is 3. The van der Waals surface area contributed by atoms with E-state index in [4.69, 9.17) is 37.6 Å². The van der Waals surface area contributed by atoms with Gasteiger partial charge in [-0.25, -0.2) is 19.4 Å². The van der Waals surface area contributed by atoms with Gasteiger partial charge in [0.2, 0.25) is 5.82 Å². The number of hydrogen-bond donors (Lipinski definition) is 7. The number of nitrogen functional groups attached to an aromatic ring is 3. The lowest BCUT2D eigenvalue weighted by Gasteiger charge is -1.95. The molecule has 3 aromatic heterocycles. The molecule has 0 aromatic carbocycles. The van der Waals surface area contributed by atoms with Crippen LogP contribution in [0, 0.1) is 0 Å². The van der Waals surface area contributed by atoms with Crippen LogP contribution in [0.2, 0.25) is 0 Å². The number of nitrogens with two attached hydrogens (primary N) is 3. The number of aromatic nitrogens is 4. The molecule has 0 amide bonds. The summed E-state index contributed by atoms with van der Waals surface area (Å²) >= 11 is 0. The molecule has 0 unspecified atom stereocenters. The summed E-state index contributed by atoms with van der Waals surface area (Å²) in [6.07, 6.45) is 4.35. The third kappa shape index (κ3) is 6.18. The van der Waals surface area contributed by atoms with Gasteiger partial charge in [-0.15, -0.1) is 0 Å². The minimum Gasteiger partial charge on any atom is -0.504 e. The maximum Gasteiger partial charge on any atom is 0.372 e. The van der Waals surface area contributed by atoms with Gasteiger partial charge < -0.3 is 51.3 Å². The monoisotopic (exact) mass is 437 g/mol. The van der Waals surface area contributed by atoms with Gasteiger partial charge in [0.05, 0.1) is 11.4 Å². The second-order valence-electron chi connectivity index (χ2n) is 6.18. The maximum absolute atomic E-state index is 10.4. The molecule has 0 saturated carbocycles. The predicted molar refractivity (Wildman–Crippen MR) is 110 cm³/mol. The predicted octanol–water partition coefficient (Wildman–Crippen LogP) is 0.0171. The standard InChI is InChI=1S/C6H8N2O3.C6H8N2O2.C5H7N3O2/c1-8-2-3(7)5(9)4(8)6(10)11;1-8-3-4(7)2-5(8)6(9)10;1-8-2-3(6)7-4(8)5(9)10/h2,9H,7H2,1H3,(H,10,11);2-3H,7H2,1H3,(H,9,10);2H,6H2,1H3,(H,9,10). The molecule has 14 heteroatoms. The molecule has 0 bridgehead atoms. The summed E-state index contributed by atoms with van der Waals surface area (Å²) in [5.41, 5.74) is 16.4. The minimum atomic E-state index is -1.19. The number of anilines is 3. The van der Waals surface area contributed by atoms with Crippen molar-refractivity contribution in [3.63, 3.8) is 0 Å². The number of rotatable bonds is 3. The van der Waals surface area contributed by atoms with E-state index in [0.29, 0.717) is 5.69 Å². The molecule has 0 fully saturated rings. The van der Waals surface area contributed by atoms with Gasteiger partial charge in [-0.3, -0.25) is 0 Å². The third-order valence-electron chi connectivity index (χ3n) is 3.72. The van der Waals surface area contributed by atoms with Gasteiger partial charge >= 0.3 is 17.9 Å². The zero-order chi connectivity index (χ0) is 24.0. The van der Waals surface area contributed by atoms with Crippen LogP contribution in [0.25, 0.3) is 0 Å². The highest BCUT2D eigenvalue weighted by molar-refractivity contribution is 5.91. The zero-order valence-corrected chi connectivity index (χ0v) is 16.8. The number of carbonyl (C=O) groups is 3. The van der Waals surface area contributed by atoms with Crippen molar-refractivity contribution in [1.82, 2.24) is 18.7 Å². The zero-order valence-electron chi connectivity index (χ0n) is 16.8. The summed E-state index contributed by atoms with van der Waals surface area (Å²) in [5, 5.41) is 34.5. The van der Waals surface area contributed by atoms with Gasteiger partial charge in [-0.2, -0.15) is 0 Å². The number of aromatic hydroxyl groups is 1. The first-order valence-electron chi connectivity index (χ1n) is 8.30. The Morgan fingerprint density at radius 1 is 0.839 bits per heavy atom. The van der Waals surface area contributed by atoms with E-state index >= 15 is 0 Å². The van der Waals surface area contributed by atoms with Crippen LogP contribution in [0.1, 0.15) is 31.6 Å². The van der Waals surface area contributed by atoms with Crippen LogP contribution in [0.3, 0.4) is 0 Å². The van der Waals surface area contributed by atoms with Gasteiger partial charge in [-0.1, -0.05) is 0 Å². The Morgan fingerprint density at radius 3 is 1.61 bits per heavy atom. The molecule has 10 N–H and O–H groups in total. The van der Waals surface area contributed by atoms with Crippen LogP contribution in [0.5, 0.6) is 5.75 Å². The second-order valence-corrected chi connectivity index (χ2v) is 6.18. The SMILES string of the molecule is Cn1cc(N)c(O)c1C(=O)O.Cn1cc(N)cc1C(=O)O.Cn1cc(N)nc1C(=O)O. The van der Waals surface area contributed by atoms with E-state index in [-0.39, 0.29) is 34.5 Å². The number of aromatic carboxylic acids is 3.